The van der Waals surface area contributed by atoms with Crippen molar-refractivity contribution >= 4 is 12.6 Å². The molecule has 1 atom stereocenters. The molecule has 3 heteroatoms. The molecular formula is C9H10O2S. The second-order valence-electron chi connectivity index (χ2n) is 2.76. The summed E-state index contributed by atoms with van der Waals surface area (Å²) in [5, 5.41) is 0.182. The van der Waals surface area contributed by atoms with E-state index in [1.54, 1.807) is 0 Å². The van der Waals surface area contributed by atoms with Crippen molar-refractivity contribution in [2.45, 2.75) is 12.2 Å². The Bertz CT molecular complexity index is 297. The number of ether oxygens (including phenoxy) is 2. The fraction of sp³-hybridized carbons (Fsp3) is 0.333. The molecule has 64 valence electrons. The van der Waals surface area contributed by atoms with Crippen molar-refractivity contribution in [1.82, 2.24) is 0 Å². The number of rotatable bonds is 1. The maximum atomic E-state index is 5.32. The number of hydrogen-bond donors (Lipinski definition) is 1. The van der Waals surface area contributed by atoms with Gasteiger partial charge in [-0.1, -0.05) is 12.1 Å². The zero-order chi connectivity index (χ0) is 8.55. The molecule has 1 heterocycles. The SMILES string of the molecule is CC(S)c1cccc2c1OCO2. The van der Waals surface area contributed by atoms with Crippen LogP contribution in [0, 0.1) is 0 Å². The van der Waals surface area contributed by atoms with Gasteiger partial charge in [0.05, 0.1) is 0 Å². The van der Waals surface area contributed by atoms with E-state index in [1.165, 1.54) is 0 Å². The van der Waals surface area contributed by atoms with Crippen molar-refractivity contribution in [3.8, 4) is 11.5 Å². The molecule has 2 rings (SSSR count). The van der Waals surface area contributed by atoms with Crippen LogP contribution in [0.2, 0.25) is 0 Å². The van der Waals surface area contributed by atoms with Crippen molar-refractivity contribution in [3.63, 3.8) is 0 Å². The predicted octanol–water partition coefficient (Wildman–Crippen LogP) is 2.41. The summed E-state index contributed by atoms with van der Waals surface area (Å²) in [5.41, 5.74) is 1.09. The molecule has 0 fully saturated rings. The van der Waals surface area contributed by atoms with E-state index in [9.17, 15) is 0 Å². The normalized spacial score (nSPS) is 16.2. The molecule has 2 nitrogen and oxygen atoms in total. The first-order valence-corrected chi connectivity index (χ1v) is 4.37. The van der Waals surface area contributed by atoms with E-state index < -0.39 is 0 Å². The highest BCUT2D eigenvalue weighted by molar-refractivity contribution is 7.80. The Labute approximate surface area is 76.9 Å². The number of hydrogen-bond acceptors (Lipinski definition) is 3. The first-order chi connectivity index (χ1) is 5.79. The molecule has 0 bridgehead atoms. The first-order valence-electron chi connectivity index (χ1n) is 3.85. The van der Waals surface area contributed by atoms with Gasteiger partial charge in [0.15, 0.2) is 11.5 Å². The van der Waals surface area contributed by atoms with Gasteiger partial charge in [-0.25, -0.2) is 0 Å². The molecule has 0 N–H and O–H groups in total. The number of benzene rings is 1. The van der Waals surface area contributed by atoms with Gasteiger partial charge in [0.1, 0.15) is 0 Å². The molecule has 0 saturated heterocycles. The number of para-hydroxylation sites is 1. The third kappa shape index (κ3) is 1.14. The fourth-order valence-corrected chi connectivity index (χ4v) is 1.49. The van der Waals surface area contributed by atoms with Crippen molar-refractivity contribution < 1.29 is 9.47 Å². The van der Waals surface area contributed by atoms with Crippen LogP contribution >= 0.6 is 12.6 Å². The Balaban J connectivity index is 2.49. The van der Waals surface area contributed by atoms with Crippen LogP contribution in [0.1, 0.15) is 17.7 Å². The lowest BCUT2D eigenvalue weighted by molar-refractivity contribution is 0.173. The zero-order valence-corrected chi connectivity index (χ0v) is 7.67. The first kappa shape index (κ1) is 7.80. The van der Waals surface area contributed by atoms with Crippen LogP contribution in [0.3, 0.4) is 0 Å². The van der Waals surface area contributed by atoms with E-state index in [0.29, 0.717) is 6.79 Å². The van der Waals surface area contributed by atoms with Gasteiger partial charge < -0.3 is 9.47 Å². The van der Waals surface area contributed by atoms with E-state index in [0.717, 1.165) is 17.1 Å². The van der Waals surface area contributed by atoms with Gasteiger partial charge in [-0.15, -0.1) is 0 Å². The minimum absolute atomic E-state index is 0.182. The van der Waals surface area contributed by atoms with Gasteiger partial charge in [0.2, 0.25) is 6.79 Å². The smallest absolute Gasteiger partial charge is 0.231 e. The molecule has 1 aromatic rings. The Morgan fingerprint density at radius 1 is 1.42 bits per heavy atom. The molecular weight excluding hydrogens is 172 g/mol. The van der Waals surface area contributed by atoms with E-state index in [4.69, 9.17) is 9.47 Å². The zero-order valence-electron chi connectivity index (χ0n) is 6.78. The van der Waals surface area contributed by atoms with Gasteiger partial charge in [0, 0.05) is 10.8 Å². The van der Waals surface area contributed by atoms with Crippen LogP contribution in [0.25, 0.3) is 0 Å². The topological polar surface area (TPSA) is 18.5 Å². The van der Waals surface area contributed by atoms with Crippen LogP contribution in [-0.2, 0) is 0 Å². The molecule has 0 aromatic heterocycles. The molecule has 0 aliphatic carbocycles. The predicted molar refractivity (Wildman–Crippen MR) is 50.0 cm³/mol. The highest BCUT2D eigenvalue weighted by Crippen LogP contribution is 2.39. The maximum Gasteiger partial charge on any atom is 0.231 e. The lowest BCUT2D eigenvalue weighted by Gasteiger charge is -2.07. The van der Waals surface area contributed by atoms with Gasteiger partial charge in [-0.3, -0.25) is 0 Å². The minimum atomic E-state index is 0.182. The Kier molecular flexibility index (Phi) is 1.89. The summed E-state index contributed by atoms with van der Waals surface area (Å²) in [6, 6.07) is 5.86. The summed E-state index contributed by atoms with van der Waals surface area (Å²) in [7, 11) is 0. The van der Waals surface area contributed by atoms with E-state index in [1.807, 2.05) is 25.1 Å². The van der Waals surface area contributed by atoms with Crippen LogP contribution < -0.4 is 9.47 Å². The van der Waals surface area contributed by atoms with Crippen LogP contribution in [0.4, 0.5) is 0 Å². The molecule has 1 aromatic carbocycles. The average molecular weight is 182 g/mol. The summed E-state index contributed by atoms with van der Waals surface area (Å²) in [6.07, 6.45) is 0. The highest BCUT2D eigenvalue weighted by Gasteiger charge is 2.18. The van der Waals surface area contributed by atoms with Gasteiger partial charge in [-0.2, -0.15) is 12.6 Å². The van der Waals surface area contributed by atoms with E-state index >= 15 is 0 Å². The third-order valence-electron chi connectivity index (χ3n) is 1.88. The standard InChI is InChI=1S/C9H10O2S/c1-6(12)7-3-2-4-8-9(7)11-5-10-8/h2-4,6,12H,5H2,1H3. The average Bonchev–Trinajstić information content (AvgIpc) is 2.49. The lowest BCUT2D eigenvalue weighted by atomic mass is 10.1. The van der Waals surface area contributed by atoms with E-state index in [2.05, 4.69) is 12.6 Å². The van der Waals surface area contributed by atoms with Crippen molar-refractivity contribution in [2.75, 3.05) is 6.79 Å². The van der Waals surface area contributed by atoms with Crippen LogP contribution in [0.15, 0.2) is 18.2 Å². The van der Waals surface area contributed by atoms with Crippen LogP contribution in [-0.4, -0.2) is 6.79 Å². The third-order valence-corrected chi connectivity index (χ3v) is 2.16. The summed E-state index contributed by atoms with van der Waals surface area (Å²) in [4.78, 5) is 0. The summed E-state index contributed by atoms with van der Waals surface area (Å²) in [6.45, 7) is 2.34. The van der Waals surface area contributed by atoms with E-state index in [-0.39, 0.29) is 5.25 Å². The summed E-state index contributed by atoms with van der Waals surface area (Å²) in [5.74, 6) is 1.67. The fourth-order valence-electron chi connectivity index (χ4n) is 1.28. The maximum absolute atomic E-state index is 5.32. The Morgan fingerprint density at radius 2 is 2.25 bits per heavy atom. The monoisotopic (exact) mass is 182 g/mol. The second kappa shape index (κ2) is 2.90. The summed E-state index contributed by atoms with van der Waals surface area (Å²) >= 11 is 4.35. The number of thiol groups is 1. The van der Waals surface area contributed by atoms with Crippen LogP contribution in [0.5, 0.6) is 11.5 Å². The molecule has 1 aliphatic rings. The molecule has 0 amide bonds. The lowest BCUT2D eigenvalue weighted by Crippen LogP contribution is -1.94. The van der Waals surface area contributed by atoms with Gasteiger partial charge in [0.25, 0.3) is 0 Å². The summed E-state index contributed by atoms with van der Waals surface area (Å²) < 4.78 is 10.6. The molecule has 1 unspecified atom stereocenters. The minimum Gasteiger partial charge on any atom is -0.454 e. The largest absolute Gasteiger partial charge is 0.454 e. The Hall–Kier alpha value is -0.830. The van der Waals surface area contributed by atoms with Crippen molar-refractivity contribution in [2.24, 2.45) is 0 Å². The molecule has 0 saturated carbocycles. The molecule has 0 radical (unpaired) electrons. The van der Waals surface area contributed by atoms with Gasteiger partial charge >= 0.3 is 0 Å². The molecule has 12 heavy (non-hydrogen) atoms. The Morgan fingerprint density at radius 3 is 3.00 bits per heavy atom. The second-order valence-corrected chi connectivity index (χ2v) is 3.53. The number of fused-ring (bicyclic) bond motifs is 1. The van der Waals surface area contributed by atoms with Crippen molar-refractivity contribution in [3.05, 3.63) is 23.8 Å². The van der Waals surface area contributed by atoms with Gasteiger partial charge in [-0.05, 0) is 13.0 Å². The van der Waals surface area contributed by atoms with Crippen molar-refractivity contribution in [1.29, 1.82) is 0 Å². The molecule has 0 spiro atoms. The quantitative estimate of drug-likeness (QED) is 0.672. The molecule has 1 aliphatic heterocycles. The highest BCUT2D eigenvalue weighted by atomic mass is 32.1.